The molecule has 1 aliphatic heterocycles. The maximum Gasteiger partial charge on any atom is 0.278 e. The zero-order chi connectivity index (χ0) is 22.2. The summed E-state index contributed by atoms with van der Waals surface area (Å²) in [6, 6.07) is 12.8. The fourth-order valence-electron chi connectivity index (χ4n) is 3.38. The van der Waals surface area contributed by atoms with Gasteiger partial charge in [0.15, 0.2) is 0 Å². The number of nitrogens with zero attached hydrogens (tertiary/aromatic N) is 1. The smallest absolute Gasteiger partial charge is 0.278 e. The van der Waals surface area contributed by atoms with E-state index < -0.39 is 17.6 Å². The number of nitrogens with one attached hydrogen (secondary N) is 1. The molecule has 0 bridgehead atoms. The number of carbonyl (C=O) groups excluding carboxylic acids is 2. The average Bonchev–Trinajstić information content (AvgIpc) is 3.00. The Balaban J connectivity index is 1.88. The molecule has 0 aromatic heterocycles. The van der Waals surface area contributed by atoms with Crippen LogP contribution in [0.15, 0.2) is 54.2 Å². The molecular formula is C24H27FN2O4. The maximum absolute atomic E-state index is 13.7. The second-order valence-electron chi connectivity index (χ2n) is 7.17. The van der Waals surface area contributed by atoms with E-state index in [1.165, 1.54) is 30.2 Å². The first kappa shape index (κ1) is 22.5. The Morgan fingerprint density at radius 3 is 2.52 bits per heavy atom. The van der Waals surface area contributed by atoms with Crippen LogP contribution in [-0.2, 0) is 14.3 Å². The molecule has 2 amide bonds. The predicted molar refractivity (Wildman–Crippen MR) is 117 cm³/mol. The maximum atomic E-state index is 13.7. The number of benzene rings is 2. The van der Waals surface area contributed by atoms with Crippen LogP contribution in [0.1, 0.15) is 31.7 Å². The standard InChI is InChI=1S/C24H27FN2O4/c1-3-4-14-31-15-8-13-27-23(28)21(19-11-5-6-12-20(19)30-2)22(24(27)29)26-18-10-7-9-17(25)16-18/h5-7,9-12,16,26H,3-4,8,13-15H2,1-2H3. The third-order valence-electron chi connectivity index (χ3n) is 4.95. The first-order chi connectivity index (χ1) is 15.1. The molecule has 0 unspecified atom stereocenters. The van der Waals surface area contributed by atoms with Crippen molar-refractivity contribution in [2.24, 2.45) is 0 Å². The Morgan fingerprint density at radius 2 is 1.77 bits per heavy atom. The summed E-state index contributed by atoms with van der Waals surface area (Å²) in [4.78, 5) is 27.6. The minimum atomic E-state index is -0.455. The number of anilines is 1. The molecule has 0 saturated heterocycles. The lowest BCUT2D eigenvalue weighted by molar-refractivity contribution is -0.137. The van der Waals surface area contributed by atoms with Gasteiger partial charge in [0.2, 0.25) is 0 Å². The Kier molecular flexibility index (Phi) is 7.78. The number of rotatable bonds is 11. The summed E-state index contributed by atoms with van der Waals surface area (Å²) >= 11 is 0. The van der Waals surface area contributed by atoms with Gasteiger partial charge in [-0.05, 0) is 37.1 Å². The molecule has 31 heavy (non-hydrogen) atoms. The largest absolute Gasteiger partial charge is 0.496 e. The summed E-state index contributed by atoms with van der Waals surface area (Å²) in [7, 11) is 1.51. The van der Waals surface area contributed by atoms with Crippen molar-refractivity contribution in [2.45, 2.75) is 26.2 Å². The molecule has 0 fully saturated rings. The van der Waals surface area contributed by atoms with Crippen molar-refractivity contribution < 1.29 is 23.5 Å². The second kappa shape index (κ2) is 10.7. The number of unbranched alkanes of at least 4 members (excludes halogenated alkanes) is 1. The van der Waals surface area contributed by atoms with Crippen LogP contribution >= 0.6 is 0 Å². The zero-order valence-corrected chi connectivity index (χ0v) is 17.8. The van der Waals surface area contributed by atoms with Crippen LogP contribution < -0.4 is 10.1 Å². The SMILES string of the molecule is CCCCOCCCN1C(=O)C(Nc2cccc(F)c2)=C(c2ccccc2OC)C1=O. The third-order valence-corrected chi connectivity index (χ3v) is 4.95. The van der Waals surface area contributed by atoms with Crippen LogP contribution in [-0.4, -0.2) is 43.6 Å². The number of methoxy groups -OCH3 is 1. The highest BCUT2D eigenvalue weighted by atomic mass is 19.1. The number of hydrogen-bond acceptors (Lipinski definition) is 5. The van der Waals surface area contributed by atoms with E-state index in [4.69, 9.17) is 9.47 Å². The van der Waals surface area contributed by atoms with E-state index in [0.29, 0.717) is 36.6 Å². The van der Waals surface area contributed by atoms with Crippen LogP contribution in [0.4, 0.5) is 10.1 Å². The number of carbonyl (C=O) groups is 2. The fourth-order valence-corrected chi connectivity index (χ4v) is 3.38. The van der Waals surface area contributed by atoms with Gasteiger partial charge in [0.05, 0.1) is 12.7 Å². The number of imide groups is 1. The molecule has 164 valence electrons. The van der Waals surface area contributed by atoms with Crippen LogP contribution in [0.3, 0.4) is 0 Å². The first-order valence-electron chi connectivity index (χ1n) is 10.4. The van der Waals surface area contributed by atoms with E-state index in [9.17, 15) is 14.0 Å². The van der Waals surface area contributed by atoms with Gasteiger partial charge in [-0.15, -0.1) is 0 Å². The number of amides is 2. The zero-order valence-electron chi connectivity index (χ0n) is 17.8. The van der Waals surface area contributed by atoms with Crippen LogP contribution in [0, 0.1) is 5.82 Å². The van der Waals surface area contributed by atoms with Gasteiger partial charge in [-0.25, -0.2) is 4.39 Å². The Bertz CT molecular complexity index is 974. The number of hydrogen-bond donors (Lipinski definition) is 1. The predicted octanol–water partition coefficient (Wildman–Crippen LogP) is 4.23. The van der Waals surface area contributed by atoms with Crippen LogP contribution in [0.2, 0.25) is 0 Å². The molecule has 2 aromatic rings. The van der Waals surface area contributed by atoms with Gasteiger partial charge in [-0.2, -0.15) is 0 Å². The molecule has 1 aliphatic rings. The van der Waals surface area contributed by atoms with Gasteiger partial charge in [-0.1, -0.05) is 37.6 Å². The Hall–Kier alpha value is -3.19. The van der Waals surface area contributed by atoms with Gasteiger partial charge in [0.1, 0.15) is 17.3 Å². The number of halogens is 1. The molecule has 0 atom stereocenters. The van der Waals surface area contributed by atoms with Crippen molar-refractivity contribution in [1.82, 2.24) is 4.90 Å². The highest BCUT2D eigenvalue weighted by Crippen LogP contribution is 2.35. The molecule has 1 heterocycles. The summed E-state index contributed by atoms with van der Waals surface area (Å²) in [5, 5.41) is 2.95. The van der Waals surface area contributed by atoms with Crippen LogP contribution in [0.25, 0.3) is 5.57 Å². The van der Waals surface area contributed by atoms with Crippen molar-refractivity contribution in [3.05, 3.63) is 65.6 Å². The van der Waals surface area contributed by atoms with Gasteiger partial charge >= 0.3 is 0 Å². The molecule has 0 radical (unpaired) electrons. The van der Waals surface area contributed by atoms with Crippen LogP contribution in [0.5, 0.6) is 5.75 Å². The van der Waals surface area contributed by atoms with Gasteiger partial charge in [0.25, 0.3) is 11.8 Å². The van der Waals surface area contributed by atoms with Crippen molar-refractivity contribution in [3.63, 3.8) is 0 Å². The Morgan fingerprint density at radius 1 is 1.00 bits per heavy atom. The fraction of sp³-hybridized carbons (Fsp3) is 0.333. The van der Waals surface area contributed by atoms with Crippen molar-refractivity contribution in [3.8, 4) is 5.75 Å². The van der Waals surface area contributed by atoms with Crippen molar-refractivity contribution in [1.29, 1.82) is 0 Å². The topological polar surface area (TPSA) is 67.9 Å². The molecule has 2 aromatic carbocycles. The van der Waals surface area contributed by atoms with Crippen molar-refractivity contribution in [2.75, 3.05) is 32.2 Å². The molecule has 0 saturated carbocycles. The molecule has 7 heteroatoms. The summed E-state index contributed by atoms with van der Waals surface area (Å²) in [6.45, 7) is 3.45. The highest BCUT2D eigenvalue weighted by molar-refractivity contribution is 6.37. The molecule has 1 N–H and O–H groups in total. The highest BCUT2D eigenvalue weighted by Gasteiger charge is 2.39. The Labute approximate surface area is 181 Å². The lowest BCUT2D eigenvalue weighted by atomic mass is 10.0. The van der Waals surface area contributed by atoms with E-state index >= 15 is 0 Å². The summed E-state index contributed by atoms with van der Waals surface area (Å²) < 4.78 is 24.6. The molecule has 0 spiro atoms. The van der Waals surface area contributed by atoms with E-state index in [1.54, 1.807) is 30.3 Å². The lowest BCUT2D eigenvalue weighted by Gasteiger charge is -2.15. The van der Waals surface area contributed by atoms with Crippen molar-refractivity contribution >= 4 is 23.1 Å². The lowest BCUT2D eigenvalue weighted by Crippen LogP contribution is -2.34. The van der Waals surface area contributed by atoms with E-state index in [1.807, 2.05) is 0 Å². The number of ether oxygens (including phenoxy) is 2. The normalized spacial score (nSPS) is 13.8. The summed E-state index contributed by atoms with van der Waals surface area (Å²) in [5.74, 6) is -0.838. The van der Waals surface area contributed by atoms with Gasteiger partial charge in [-0.3, -0.25) is 14.5 Å². The molecule has 3 rings (SSSR count). The third kappa shape index (κ3) is 5.30. The molecule has 6 nitrogen and oxygen atoms in total. The average molecular weight is 426 g/mol. The van der Waals surface area contributed by atoms with Gasteiger partial charge in [0, 0.05) is 31.0 Å². The molecular weight excluding hydrogens is 399 g/mol. The molecule has 0 aliphatic carbocycles. The monoisotopic (exact) mass is 426 g/mol. The van der Waals surface area contributed by atoms with E-state index in [2.05, 4.69) is 12.2 Å². The summed E-state index contributed by atoms with van der Waals surface area (Å²) in [5.41, 5.74) is 1.20. The minimum absolute atomic E-state index is 0.104. The minimum Gasteiger partial charge on any atom is -0.496 e. The van der Waals surface area contributed by atoms with E-state index in [-0.39, 0.29) is 17.8 Å². The van der Waals surface area contributed by atoms with E-state index in [0.717, 1.165) is 12.8 Å². The first-order valence-corrected chi connectivity index (χ1v) is 10.4. The summed E-state index contributed by atoms with van der Waals surface area (Å²) in [6.07, 6.45) is 2.56. The second-order valence-corrected chi connectivity index (χ2v) is 7.17. The number of para-hydroxylation sites is 1. The quantitative estimate of drug-likeness (QED) is 0.430. The van der Waals surface area contributed by atoms with Gasteiger partial charge < -0.3 is 14.8 Å².